The number of aliphatic hydroxyl groups is 1. The van der Waals surface area contributed by atoms with Crippen LogP contribution in [0.3, 0.4) is 0 Å². The highest BCUT2D eigenvalue weighted by Crippen LogP contribution is 2.27. The van der Waals surface area contributed by atoms with Crippen molar-refractivity contribution in [3.8, 4) is 0 Å². The molecule has 1 heterocycles. The van der Waals surface area contributed by atoms with Crippen LogP contribution in [0.1, 0.15) is 55.0 Å². The molecule has 0 aliphatic heterocycles. The second kappa shape index (κ2) is 8.27. The molecule has 1 aromatic heterocycles. The summed E-state index contributed by atoms with van der Waals surface area (Å²) in [6.07, 6.45) is 2.53. The third-order valence-corrected chi connectivity index (χ3v) is 4.87. The maximum atomic E-state index is 11.9. The normalized spacial score (nSPS) is 13.8. The first-order chi connectivity index (χ1) is 9.47. The number of aryl methyl sites for hydroxylation is 2. The number of urea groups is 1. The van der Waals surface area contributed by atoms with Crippen molar-refractivity contribution in [2.75, 3.05) is 6.61 Å². The van der Waals surface area contributed by atoms with Crippen molar-refractivity contribution in [1.82, 2.24) is 10.6 Å². The minimum atomic E-state index is -0.146. The molecule has 0 saturated carbocycles. The number of thiophene rings is 1. The molecule has 1 rings (SSSR count). The Balaban J connectivity index is 2.48. The van der Waals surface area contributed by atoms with Crippen LogP contribution in [0.4, 0.5) is 4.79 Å². The molecule has 0 bridgehead atoms. The maximum absolute atomic E-state index is 11.9. The fraction of sp³-hybridized carbons (Fsp3) is 0.667. The third-order valence-electron chi connectivity index (χ3n) is 3.31. The molecule has 3 N–H and O–H groups in total. The first-order valence-corrected chi connectivity index (χ1v) is 8.06. The van der Waals surface area contributed by atoms with Gasteiger partial charge in [-0.05, 0) is 51.7 Å². The fourth-order valence-electron chi connectivity index (χ4n) is 2.11. The van der Waals surface area contributed by atoms with Gasteiger partial charge in [0.25, 0.3) is 0 Å². The van der Waals surface area contributed by atoms with E-state index in [-0.39, 0.29) is 24.7 Å². The predicted octanol–water partition coefficient (Wildman–Crippen LogP) is 3.14. The van der Waals surface area contributed by atoms with Gasteiger partial charge >= 0.3 is 6.03 Å². The second-order valence-electron chi connectivity index (χ2n) is 5.21. The molecule has 4 nitrogen and oxygen atoms in total. The summed E-state index contributed by atoms with van der Waals surface area (Å²) in [5.74, 6) is 0. The van der Waals surface area contributed by atoms with Gasteiger partial charge in [0.05, 0.1) is 6.04 Å². The van der Waals surface area contributed by atoms with Crippen LogP contribution in [0.5, 0.6) is 0 Å². The van der Waals surface area contributed by atoms with Gasteiger partial charge in [-0.1, -0.05) is 6.92 Å². The van der Waals surface area contributed by atoms with Crippen LogP contribution < -0.4 is 10.6 Å². The largest absolute Gasteiger partial charge is 0.396 e. The SMILES string of the molecule is CCc1sc(C(C)NC(=O)NC(C)CCCO)cc1C. The zero-order chi connectivity index (χ0) is 15.1. The Morgan fingerprint density at radius 2 is 2.10 bits per heavy atom. The predicted molar refractivity (Wildman–Crippen MR) is 84.3 cm³/mol. The third kappa shape index (κ3) is 5.13. The minimum absolute atomic E-state index is 0.0176. The molecule has 0 aromatic carbocycles. The Bertz CT molecular complexity index is 432. The summed E-state index contributed by atoms with van der Waals surface area (Å²) in [5, 5.41) is 14.6. The maximum Gasteiger partial charge on any atom is 0.315 e. The van der Waals surface area contributed by atoms with Gasteiger partial charge in [0.1, 0.15) is 0 Å². The Kier molecular flexibility index (Phi) is 7.02. The molecule has 0 spiro atoms. The summed E-state index contributed by atoms with van der Waals surface area (Å²) in [6.45, 7) is 8.38. The van der Waals surface area contributed by atoms with E-state index in [2.05, 4.69) is 30.5 Å². The van der Waals surface area contributed by atoms with Crippen molar-refractivity contribution < 1.29 is 9.90 Å². The summed E-state index contributed by atoms with van der Waals surface area (Å²) in [5.41, 5.74) is 1.30. The molecular formula is C15H26N2O2S. The van der Waals surface area contributed by atoms with E-state index >= 15 is 0 Å². The van der Waals surface area contributed by atoms with Crippen molar-refractivity contribution in [2.45, 2.75) is 59.0 Å². The number of hydrogen-bond donors (Lipinski definition) is 3. The van der Waals surface area contributed by atoms with E-state index in [9.17, 15) is 4.79 Å². The van der Waals surface area contributed by atoms with E-state index in [1.165, 1.54) is 15.3 Å². The number of nitrogens with one attached hydrogen (secondary N) is 2. The molecule has 114 valence electrons. The number of carbonyl (C=O) groups is 1. The van der Waals surface area contributed by atoms with Gasteiger partial charge in [-0.2, -0.15) is 0 Å². The lowest BCUT2D eigenvalue weighted by Crippen LogP contribution is -2.41. The topological polar surface area (TPSA) is 61.4 Å². The molecule has 0 fully saturated rings. The summed E-state index contributed by atoms with van der Waals surface area (Å²) in [6, 6.07) is 2.10. The zero-order valence-corrected chi connectivity index (χ0v) is 13.6. The van der Waals surface area contributed by atoms with Gasteiger partial charge in [0.2, 0.25) is 0 Å². The molecule has 2 amide bonds. The number of amides is 2. The highest BCUT2D eigenvalue weighted by molar-refractivity contribution is 7.12. The Morgan fingerprint density at radius 1 is 1.40 bits per heavy atom. The van der Waals surface area contributed by atoms with Crippen LogP contribution >= 0.6 is 11.3 Å². The monoisotopic (exact) mass is 298 g/mol. The lowest BCUT2D eigenvalue weighted by atomic mass is 10.2. The van der Waals surface area contributed by atoms with Crippen molar-refractivity contribution in [1.29, 1.82) is 0 Å². The Hall–Kier alpha value is -1.07. The molecule has 5 heteroatoms. The summed E-state index contributed by atoms with van der Waals surface area (Å²) < 4.78 is 0. The molecule has 1 aromatic rings. The number of aliphatic hydroxyl groups excluding tert-OH is 1. The van der Waals surface area contributed by atoms with Gasteiger partial charge in [0, 0.05) is 22.4 Å². The van der Waals surface area contributed by atoms with E-state index in [0.29, 0.717) is 6.42 Å². The lowest BCUT2D eigenvalue weighted by Gasteiger charge is -2.17. The van der Waals surface area contributed by atoms with Gasteiger partial charge in [-0.3, -0.25) is 0 Å². The van der Waals surface area contributed by atoms with E-state index in [1.807, 2.05) is 13.8 Å². The summed E-state index contributed by atoms with van der Waals surface area (Å²) in [7, 11) is 0. The zero-order valence-electron chi connectivity index (χ0n) is 12.8. The molecule has 0 aliphatic carbocycles. The molecule has 20 heavy (non-hydrogen) atoms. The van der Waals surface area contributed by atoms with Crippen molar-refractivity contribution >= 4 is 17.4 Å². The van der Waals surface area contributed by atoms with Crippen LogP contribution in [0, 0.1) is 6.92 Å². The lowest BCUT2D eigenvalue weighted by molar-refractivity contribution is 0.231. The Labute approximate surface area is 125 Å². The number of rotatable bonds is 7. The van der Waals surface area contributed by atoms with Crippen molar-refractivity contribution in [2.24, 2.45) is 0 Å². The fourth-order valence-corrected chi connectivity index (χ4v) is 3.23. The van der Waals surface area contributed by atoms with E-state index < -0.39 is 0 Å². The van der Waals surface area contributed by atoms with E-state index in [0.717, 1.165) is 12.8 Å². The molecule has 0 radical (unpaired) electrons. The van der Waals surface area contributed by atoms with Gasteiger partial charge in [0.15, 0.2) is 0 Å². The van der Waals surface area contributed by atoms with Crippen molar-refractivity contribution in [3.05, 3.63) is 21.4 Å². The van der Waals surface area contributed by atoms with E-state index in [1.54, 1.807) is 11.3 Å². The average Bonchev–Trinajstić information content (AvgIpc) is 2.77. The summed E-state index contributed by atoms with van der Waals surface area (Å²) in [4.78, 5) is 14.5. The first-order valence-electron chi connectivity index (χ1n) is 7.25. The molecule has 0 aliphatic rings. The Morgan fingerprint density at radius 3 is 2.65 bits per heavy atom. The molecule has 2 atom stereocenters. The molecule has 0 saturated heterocycles. The highest BCUT2D eigenvalue weighted by Gasteiger charge is 2.14. The van der Waals surface area contributed by atoms with Gasteiger partial charge < -0.3 is 15.7 Å². The van der Waals surface area contributed by atoms with Crippen LogP contribution in [0.15, 0.2) is 6.07 Å². The van der Waals surface area contributed by atoms with Crippen LogP contribution in [0.25, 0.3) is 0 Å². The smallest absolute Gasteiger partial charge is 0.315 e. The average molecular weight is 298 g/mol. The van der Waals surface area contributed by atoms with Crippen LogP contribution in [-0.4, -0.2) is 23.8 Å². The standard InChI is InChI=1S/C15H26N2O2S/c1-5-13-10(2)9-14(20-13)12(4)17-15(19)16-11(3)7-6-8-18/h9,11-12,18H,5-8H2,1-4H3,(H2,16,17,19). The number of hydrogen-bond acceptors (Lipinski definition) is 3. The number of carbonyl (C=O) groups excluding carboxylic acids is 1. The van der Waals surface area contributed by atoms with Crippen molar-refractivity contribution in [3.63, 3.8) is 0 Å². The van der Waals surface area contributed by atoms with Crippen LogP contribution in [0.2, 0.25) is 0 Å². The van der Waals surface area contributed by atoms with Gasteiger partial charge in [-0.15, -0.1) is 11.3 Å². The van der Waals surface area contributed by atoms with Gasteiger partial charge in [-0.25, -0.2) is 4.79 Å². The summed E-state index contributed by atoms with van der Waals surface area (Å²) >= 11 is 1.77. The minimum Gasteiger partial charge on any atom is -0.396 e. The quantitative estimate of drug-likeness (QED) is 0.724. The van der Waals surface area contributed by atoms with Crippen LogP contribution in [-0.2, 0) is 6.42 Å². The second-order valence-corrected chi connectivity index (χ2v) is 6.38. The molecule has 2 unspecified atom stereocenters. The van der Waals surface area contributed by atoms with E-state index in [4.69, 9.17) is 5.11 Å². The molecular weight excluding hydrogens is 272 g/mol. The highest BCUT2D eigenvalue weighted by atomic mass is 32.1. The first kappa shape index (κ1) is 17.0.